The summed E-state index contributed by atoms with van der Waals surface area (Å²) in [6, 6.07) is 8.53. The first kappa shape index (κ1) is 13.0. The Kier molecular flexibility index (Phi) is 3.53. The molecule has 0 spiro atoms. The molecule has 0 aliphatic heterocycles. The Morgan fingerprint density at radius 1 is 1.11 bits per heavy atom. The quantitative estimate of drug-likeness (QED) is 0.860. The number of phenols is 1. The maximum atomic E-state index is 9.34. The molecule has 0 heterocycles. The lowest BCUT2D eigenvalue weighted by molar-refractivity contribution is 0.248. The van der Waals surface area contributed by atoms with Gasteiger partial charge in [-0.05, 0) is 68.6 Å². The van der Waals surface area contributed by atoms with E-state index in [1.54, 1.807) is 12.1 Å². The molecule has 2 heteroatoms. The van der Waals surface area contributed by atoms with Crippen molar-refractivity contribution in [3.05, 3.63) is 29.8 Å². The van der Waals surface area contributed by atoms with Crippen LogP contribution >= 0.6 is 0 Å². The van der Waals surface area contributed by atoms with Crippen LogP contribution in [0.3, 0.4) is 0 Å². The molecule has 2 fully saturated rings. The average Bonchev–Trinajstić information content (AvgIpc) is 3.01. The van der Waals surface area contributed by atoms with Crippen LogP contribution in [0.2, 0.25) is 0 Å². The number of hydrogen-bond donors (Lipinski definition) is 2. The number of fused-ring (bicyclic) bond motifs is 2. The van der Waals surface area contributed by atoms with Crippen LogP contribution in [0, 0.1) is 17.8 Å². The van der Waals surface area contributed by atoms with Crippen molar-refractivity contribution >= 4 is 0 Å². The Morgan fingerprint density at radius 2 is 1.84 bits per heavy atom. The van der Waals surface area contributed by atoms with Gasteiger partial charge in [0.2, 0.25) is 0 Å². The van der Waals surface area contributed by atoms with E-state index in [2.05, 4.69) is 19.2 Å². The molecule has 2 aliphatic carbocycles. The van der Waals surface area contributed by atoms with Crippen LogP contribution in [0.4, 0.5) is 0 Å². The highest BCUT2D eigenvalue weighted by molar-refractivity contribution is 5.27. The highest BCUT2D eigenvalue weighted by Crippen LogP contribution is 2.49. The zero-order chi connectivity index (χ0) is 13.4. The number of rotatable bonds is 4. The van der Waals surface area contributed by atoms with Gasteiger partial charge in [-0.2, -0.15) is 0 Å². The van der Waals surface area contributed by atoms with Crippen molar-refractivity contribution < 1.29 is 5.11 Å². The Bertz CT molecular complexity index is 427. The Balaban J connectivity index is 1.60. The minimum absolute atomic E-state index is 0.345. The molecule has 2 aliphatic rings. The lowest BCUT2D eigenvalue weighted by atomic mass is 9.83. The maximum Gasteiger partial charge on any atom is 0.115 e. The second kappa shape index (κ2) is 5.16. The van der Waals surface area contributed by atoms with Crippen molar-refractivity contribution in [3.63, 3.8) is 0 Å². The molecule has 19 heavy (non-hydrogen) atoms. The van der Waals surface area contributed by atoms with Crippen molar-refractivity contribution in [2.24, 2.45) is 17.8 Å². The Morgan fingerprint density at radius 3 is 2.42 bits per heavy atom. The van der Waals surface area contributed by atoms with Crippen LogP contribution in [0.25, 0.3) is 0 Å². The number of nitrogens with one attached hydrogen (secondary N) is 1. The van der Waals surface area contributed by atoms with Gasteiger partial charge in [0.05, 0.1) is 0 Å². The van der Waals surface area contributed by atoms with Crippen LogP contribution in [0.5, 0.6) is 5.75 Å². The van der Waals surface area contributed by atoms with Gasteiger partial charge in [0.15, 0.2) is 0 Å². The summed E-state index contributed by atoms with van der Waals surface area (Å²) < 4.78 is 0. The molecular weight excluding hydrogens is 234 g/mol. The molecule has 2 N–H and O–H groups in total. The van der Waals surface area contributed by atoms with E-state index in [0.29, 0.717) is 17.8 Å². The fourth-order valence-electron chi connectivity index (χ4n) is 4.28. The van der Waals surface area contributed by atoms with E-state index in [1.807, 2.05) is 12.1 Å². The molecule has 104 valence electrons. The highest BCUT2D eigenvalue weighted by Gasteiger charge is 2.41. The normalized spacial score (nSPS) is 32.4. The second-order valence-corrected chi connectivity index (χ2v) is 6.61. The van der Waals surface area contributed by atoms with Gasteiger partial charge >= 0.3 is 0 Å². The summed E-state index contributed by atoms with van der Waals surface area (Å²) in [6.45, 7) is 4.57. The van der Waals surface area contributed by atoms with E-state index < -0.39 is 0 Å². The predicted molar refractivity (Wildman–Crippen MR) is 78.1 cm³/mol. The summed E-state index contributed by atoms with van der Waals surface area (Å²) >= 11 is 0. The van der Waals surface area contributed by atoms with Crippen LogP contribution < -0.4 is 5.32 Å². The topological polar surface area (TPSA) is 32.3 Å². The van der Waals surface area contributed by atoms with E-state index in [-0.39, 0.29) is 0 Å². The third-order valence-electron chi connectivity index (χ3n) is 5.34. The number of aromatic hydroxyl groups is 1. The van der Waals surface area contributed by atoms with E-state index >= 15 is 0 Å². The van der Waals surface area contributed by atoms with Crippen LogP contribution in [-0.4, -0.2) is 11.1 Å². The van der Waals surface area contributed by atoms with Crippen LogP contribution in [0.1, 0.15) is 51.1 Å². The molecule has 1 aromatic carbocycles. The first-order chi connectivity index (χ1) is 9.13. The van der Waals surface area contributed by atoms with Crippen molar-refractivity contribution in [1.29, 1.82) is 0 Å². The largest absolute Gasteiger partial charge is 0.508 e. The molecule has 3 rings (SSSR count). The first-order valence-corrected chi connectivity index (χ1v) is 7.68. The molecule has 2 bridgehead atoms. The third-order valence-corrected chi connectivity index (χ3v) is 5.34. The maximum absolute atomic E-state index is 9.34. The number of hydrogen-bond acceptors (Lipinski definition) is 2. The fraction of sp³-hybridized carbons (Fsp3) is 0.647. The highest BCUT2D eigenvalue weighted by atomic mass is 16.3. The predicted octanol–water partition coefficient (Wildman–Crippen LogP) is 3.87. The summed E-state index contributed by atoms with van der Waals surface area (Å²) in [4.78, 5) is 0. The zero-order valence-corrected chi connectivity index (χ0v) is 12.0. The first-order valence-electron chi connectivity index (χ1n) is 7.68. The summed E-state index contributed by atoms with van der Waals surface area (Å²) in [7, 11) is 0. The molecule has 2 nitrogen and oxygen atoms in total. The van der Waals surface area contributed by atoms with Crippen molar-refractivity contribution in [1.82, 2.24) is 5.32 Å². The standard InChI is InChI=1S/C17H25NO/c1-11(14-5-7-16(19)8-6-14)18-12(2)17-10-13-3-4-15(17)9-13/h5-8,11-13,15,17-19H,3-4,9-10H2,1-2H3. The van der Waals surface area contributed by atoms with Crippen molar-refractivity contribution in [3.8, 4) is 5.75 Å². The van der Waals surface area contributed by atoms with Crippen molar-refractivity contribution in [2.75, 3.05) is 0 Å². The van der Waals surface area contributed by atoms with Gasteiger partial charge in [-0.3, -0.25) is 0 Å². The fourth-order valence-corrected chi connectivity index (χ4v) is 4.28. The molecule has 2 saturated carbocycles. The van der Waals surface area contributed by atoms with Gasteiger partial charge in [-0.1, -0.05) is 18.6 Å². The molecule has 0 radical (unpaired) electrons. The summed E-state index contributed by atoms with van der Waals surface area (Å²) in [6.07, 6.45) is 5.84. The second-order valence-electron chi connectivity index (χ2n) is 6.61. The third kappa shape index (κ3) is 2.64. The van der Waals surface area contributed by atoms with Gasteiger partial charge in [0.1, 0.15) is 5.75 Å². The minimum atomic E-state index is 0.345. The molecular formula is C17H25NO. The van der Waals surface area contributed by atoms with Crippen LogP contribution in [-0.2, 0) is 0 Å². The molecule has 1 aromatic rings. The molecule has 5 unspecified atom stereocenters. The Labute approximate surface area is 116 Å². The smallest absolute Gasteiger partial charge is 0.115 e. The Hall–Kier alpha value is -1.02. The van der Waals surface area contributed by atoms with Gasteiger partial charge in [0.25, 0.3) is 0 Å². The lowest BCUT2D eigenvalue weighted by Gasteiger charge is -2.31. The molecule has 0 saturated heterocycles. The average molecular weight is 259 g/mol. The van der Waals surface area contributed by atoms with Gasteiger partial charge in [0, 0.05) is 12.1 Å². The minimum Gasteiger partial charge on any atom is -0.508 e. The monoisotopic (exact) mass is 259 g/mol. The van der Waals surface area contributed by atoms with Gasteiger partial charge in [-0.15, -0.1) is 0 Å². The van der Waals surface area contributed by atoms with Gasteiger partial charge in [-0.25, -0.2) is 0 Å². The summed E-state index contributed by atoms with van der Waals surface area (Å²) in [5.74, 6) is 3.21. The molecule has 5 atom stereocenters. The number of phenolic OH excluding ortho intramolecular Hbond substituents is 1. The van der Waals surface area contributed by atoms with E-state index in [0.717, 1.165) is 17.8 Å². The summed E-state index contributed by atoms with van der Waals surface area (Å²) in [5.41, 5.74) is 1.26. The molecule has 0 amide bonds. The lowest BCUT2D eigenvalue weighted by Crippen LogP contribution is -2.37. The van der Waals surface area contributed by atoms with Crippen LogP contribution in [0.15, 0.2) is 24.3 Å². The van der Waals surface area contributed by atoms with E-state index in [9.17, 15) is 5.11 Å². The SMILES string of the molecule is CC(NC(C)C1CC2CCC1C2)c1ccc(O)cc1. The van der Waals surface area contributed by atoms with E-state index in [1.165, 1.54) is 31.2 Å². The zero-order valence-electron chi connectivity index (χ0n) is 12.0. The number of benzene rings is 1. The van der Waals surface area contributed by atoms with Gasteiger partial charge < -0.3 is 10.4 Å². The summed E-state index contributed by atoms with van der Waals surface area (Å²) in [5, 5.41) is 13.1. The molecule has 0 aromatic heterocycles. The van der Waals surface area contributed by atoms with Crippen molar-refractivity contribution in [2.45, 2.75) is 51.6 Å². The van der Waals surface area contributed by atoms with E-state index in [4.69, 9.17) is 0 Å².